The van der Waals surface area contributed by atoms with Gasteiger partial charge in [0, 0.05) is 13.0 Å². The van der Waals surface area contributed by atoms with E-state index >= 15 is 0 Å². The third kappa shape index (κ3) is 5.25. The molecule has 4 nitrogen and oxygen atoms in total. The van der Waals surface area contributed by atoms with Crippen molar-refractivity contribution in [3.63, 3.8) is 0 Å². The molecule has 1 rings (SSSR count). The van der Waals surface area contributed by atoms with Gasteiger partial charge in [-0.15, -0.1) is 0 Å². The molecular formula is C17H22F3NO3. The van der Waals surface area contributed by atoms with Crippen LogP contribution in [0.3, 0.4) is 0 Å². The summed E-state index contributed by atoms with van der Waals surface area (Å²) in [6, 6.07) is 3.69. The molecule has 0 aromatic heterocycles. The van der Waals surface area contributed by atoms with Crippen molar-refractivity contribution in [1.29, 1.82) is 0 Å². The number of ether oxygens (including phenoxy) is 1. The second kappa shape index (κ2) is 7.23. The molecule has 7 heteroatoms. The molecule has 0 radical (unpaired) electrons. The summed E-state index contributed by atoms with van der Waals surface area (Å²) < 4.78 is 43.0. The Morgan fingerprint density at radius 3 is 2.04 bits per heavy atom. The standard InChI is InChI=1S/C17H22F3NO3/c1-11(12-6-8-13(9-7-12)17(18,19)20)14(10-22)21(5)15(23)24-16(2,3)4/h6-11,14H,1-5H3. The highest BCUT2D eigenvalue weighted by Gasteiger charge is 2.32. The molecule has 2 unspecified atom stereocenters. The van der Waals surface area contributed by atoms with Crippen molar-refractivity contribution in [2.24, 2.45) is 0 Å². The SMILES string of the molecule is CC(c1ccc(C(F)(F)F)cc1)C(C=O)N(C)C(=O)OC(C)(C)C. The molecule has 0 saturated heterocycles. The van der Waals surface area contributed by atoms with Crippen LogP contribution in [0.2, 0.25) is 0 Å². The first-order valence-corrected chi connectivity index (χ1v) is 7.45. The summed E-state index contributed by atoms with van der Waals surface area (Å²) in [5.74, 6) is -0.484. The summed E-state index contributed by atoms with van der Waals surface area (Å²) in [5, 5.41) is 0. The number of alkyl halides is 3. The molecule has 2 atom stereocenters. The Hall–Kier alpha value is -2.05. The minimum absolute atomic E-state index is 0.484. The van der Waals surface area contributed by atoms with E-state index in [2.05, 4.69) is 0 Å². The summed E-state index contributed by atoms with van der Waals surface area (Å²) in [6.07, 6.45) is -4.50. The van der Waals surface area contributed by atoms with Gasteiger partial charge in [-0.05, 0) is 38.5 Å². The van der Waals surface area contributed by atoms with Gasteiger partial charge in [-0.2, -0.15) is 13.2 Å². The Bertz CT molecular complexity index is 576. The molecule has 1 amide bonds. The lowest BCUT2D eigenvalue weighted by atomic mass is 9.92. The van der Waals surface area contributed by atoms with Gasteiger partial charge in [-0.3, -0.25) is 0 Å². The van der Waals surface area contributed by atoms with E-state index in [1.54, 1.807) is 27.7 Å². The summed E-state index contributed by atoms with van der Waals surface area (Å²) in [4.78, 5) is 24.7. The van der Waals surface area contributed by atoms with Crippen LogP contribution in [0.5, 0.6) is 0 Å². The van der Waals surface area contributed by atoms with Crippen LogP contribution in [-0.2, 0) is 15.7 Å². The van der Waals surface area contributed by atoms with Gasteiger partial charge in [0.15, 0.2) is 0 Å². The number of hydrogen-bond acceptors (Lipinski definition) is 3. The first-order valence-electron chi connectivity index (χ1n) is 7.45. The first kappa shape index (κ1) is 20.0. The molecule has 0 spiro atoms. The number of rotatable bonds is 4. The molecular weight excluding hydrogens is 323 g/mol. The van der Waals surface area contributed by atoms with E-state index in [0.29, 0.717) is 11.8 Å². The van der Waals surface area contributed by atoms with Crippen LogP contribution >= 0.6 is 0 Å². The van der Waals surface area contributed by atoms with E-state index < -0.39 is 35.4 Å². The van der Waals surface area contributed by atoms with Crippen LogP contribution in [0.4, 0.5) is 18.0 Å². The number of aldehydes is 1. The fourth-order valence-corrected chi connectivity index (χ4v) is 2.17. The van der Waals surface area contributed by atoms with Crippen LogP contribution < -0.4 is 0 Å². The molecule has 0 saturated carbocycles. The lowest BCUT2D eigenvalue weighted by Crippen LogP contribution is -2.44. The molecule has 0 heterocycles. The lowest BCUT2D eigenvalue weighted by molar-refractivity contribution is -0.137. The van der Waals surface area contributed by atoms with Gasteiger partial charge in [0.05, 0.1) is 11.6 Å². The maximum Gasteiger partial charge on any atom is 0.416 e. The number of halogens is 3. The average Bonchev–Trinajstić information content (AvgIpc) is 2.45. The molecule has 0 N–H and O–H groups in total. The van der Waals surface area contributed by atoms with E-state index in [1.807, 2.05) is 0 Å². The van der Waals surface area contributed by atoms with Gasteiger partial charge in [-0.1, -0.05) is 19.1 Å². The van der Waals surface area contributed by atoms with Crippen LogP contribution in [0.15, 0.2) is 24.3 Å². The molecule has 0 aliphatic rings. The van der Waals surface area contributed by atoms with E-state index in [4.69, 9.17) is 4.74 Å². The normalized spacial score (nSPS) is 14.7. The number of amides is 1. The molecule has 0 bridgehead atoms. The van der Waals surface area contributed by atoms with Crippen LogP contribution in [-0.4, -0.2) is 36.0 Å². The second-order valence-electron chi connectivity index (χ2n) is 6.63. The topological polar surface area (TPSA) is 46.6 Å². The molecule has 0 fully saturated rings. The van der Waals surface area contributed by atoms with Gasteiger partial charge in [0.1, 0.15) is 11.9 Å². The lowest BCUT2D eigenvalue weighted by Gasteiger charge is -2.31. The number of carbonyl (C=O) groups is 2. The zero-order chi connectivity index (χ0) is 18.7. The smallest absolute Gasteiger partial charge is 0.416 e. The van der Waals surface area contributed by atoms with Gasteiger partial charge in [0.2, 0.25) is 0 Å². The van der Waals surface area contributed by atoms with E-state index in [9.17, 15) is 22.8 Å². The average molecular weight is 345 g/mol. The van der Waals surface area contributed by atoms with Crippen molar-refractivity contribution in [3.05, 3.63) is 35.4 Å². The van der Waals surface area contributed by atoms with E-state index in [1.165, 1.54) is 19.2 Å². The second-order valence-corrected chi connectivity index (χ2v) is 6.63. The van der Waals surface area contributed by atoms with Crippen LogP contribution in [0, 0.1) is 0 Å². The number of hydrogen-bond donors (Lipinski definition) is 0. The summed E-state index contributed by atoms with van der Waals surface area (Å²) in [6.45, 7) is 6.78. The maximum atomic E-state index is 12.6. The Labute approximate surface area is 139 Å². The van der Waals surface area contributed by atoms with Crippen molar-refractivity contribution >= 4 is 12.4 Å². The highest BCUT2D eigenvalue weighted by Crippen LogP contribution is 2.31. The number of carbonyl (C=O) groups excluding carboxylic acids is 2. The molecule has 0 aliphatic carbocycles. The van der Waals surface area contributed by atoms with E-state index in [0.717, 1.165) is 17.0 Å². The summed E-state index contributed by atoms with van der Waals surface area (Å²) in [7, 11) is 1.42. The Balaban J connectivity index is 2.95. The van der Waals surface area contributed by atoms with Crippen molar-refractivity contribution in [1.82, 2.24) is 4.90 Å². The fourth-order valence-electron chi connectivity index (χ4n) is 2.17. The summed E-state index contributed by atoms with van der Waals surface area (Å²) in [5.41, 5.74) is -0.951. The Morgan fingerprint density at radius 1 is 1.17 bits per heavy atom. The quantitative estimate of drug-likeness (QED) is 0.767. The number of benzene rings is 1. The Kier molecular flexibility index (Phi) is 6.03. The zero-order valence-corrected chi connectivity index (χ0v) is 14.3. The van der Waals surface area contributed by atoms with Crippen molar-refractivity contribution in [2.45, 2.75) is 51.4 Å². The largest absolute Gasteiger partial charge is 0.444 e. The summed E-state index contributed by atoms with van der Waals surface area (Å²) >= 11 is 0. The van der Waals surface area contributed by atoms with Crippen molar-refractivity contribution < 1.29 is 27.5 Å². The molecule has 1 aromatic rings. The van der Waals surface area contributed by atoms with Gasteiger partial charge >= 0.3 is 12.3 Å². The molecule has 1 aromatic carbocycles. The van der Waals surface area contributed by atoms with Crippen molar-refractivity contribution in [2.75, 3.05) is 7.05 Å². The van der Waals surface area contributed by atoms with Crippen LogP contribution in [0.1, 0.15) is 44.7 Å². The highest BCUT2D eigenvalue weighted by molar-refractivity contribution is 5.74. The minimum atomic E-state index is -4.42. The monoisotopic (exact) mass is 345 g/mol. The van der Waals surface area contributed by atoms with Gasteiger partial charge < -0.3 is 14.4 Å². The zero-order valence-electron chi connectivity index (χ0n) is 14.3. The maximum absolute atomic E-state index is 12.6. The van der Waals surface area contributed by atoms with Gasteiger partial charge in [-0.25, -0.2) is 4.79 Å². The van der Waals surface area contributed by atoms with Gasteiger partial charge in [0.25, 0.3) is 0 Å². The van der Waals surface area contributed by atoms with Crippen LogP contribution in [0.25, 0.3) is 0 Å². The molecule has 134 valence electrons. The third-order valence-electron chi connectivity index (χ3n) is 3.54. The van der Waals surface area contributed by atoms with Crippen molar-refractivity contribution in [3.8, 4) is 0 Å². The highest BCUT2D eigenvalue weighted by atomic mass is 19.4. The molecule has 0 aliphatic heterocycles. The predicted molar refractivity (Wildman–Crippen MR) is 83.7 cm³/mol. The third-order valence-corrected chi connectivity index (χ3v) is 3.54. The fraction of sp³-hybridized carbons (Fsp3) is 0.529. The number of likely N-dealkylation sites (N-methyl/N-ethyl adjacent to an activating group) is 1. The Morgan fingerprint density at radius 2 is 1.67 bits per heavy atom. The molecule has 24 heavy (non-hydrogen) atoms. The predicted octanol–water partition coefficient (Wildman–Crippen LogP) is 4.24. The number of nitrogens with zero attached hydrogens (tertiary/aromatic N) is 1. The minimum Gasteiger partial charge on any atom is -0.444 e. The van der Waals surface area contributed by atoms with E-state index in [-0.39, 0.29) is 0 Å². The first-order chi connectivity index (χ1) is 10.9.